The van der Waals surface area contributed by atoms with Crippen molar-refractivity contribution >= 4 is 0 Å². The summed E-state index contributed by atoms with van der Waals surface area (Å²) in [6.45, 7) is 0.324. The van der Waals surface area contributed by atoms with Crippen molar-refractivity contribution < 1.29 is 19.7 Å². The predicted octanol–water partition coefficient (Wildman–Crippen LogP) is -0.857. The molecule has 1 rings (SSSR count). The van der Waals surface area contributed by atoms with Gasteiger partial charge >= 0.3 is 0 Å². The number of rotatable bonds is 3. The molecule has 1 aliphatic rings. The van der Waals surface area contributed by atoms with Gasteiger partial charge in [0.2, 0.25) is 0 Å². The van der Waals surface area contributed by atoms with E-state index in [-0.39, 0.29) is 18.8 Å². The number of ether oxygens (including phenoxy) is 2. The minimum Gasteiger partial charge on any atom is -0.394 e. The third-order valence-corrected chi connectivity index (χ3v) is 1.95. The Balaban J connectivity index is 2.42. The molecule has 0 aliphatic carbocycles. The zero-order chi connectivity index (χ0) is 8.27. The predicted molar refractivity (Wildman–Crippen MR) is 38.2 cm³/mol. The zero-order valence-corrected chi connectivity index (χ0v) is 6.56. The highest BCUT2D eigenvalue weighted by Crippen LogP contribution is 2.18. The van der Waals surface area contributed by atoms with Crippen molar-refractivity contribution in [3.05, 3.63) is 0 Å². The average Bonchev–Trinajstić information content (AvgIpc) is 2.50. The number of hydrogen-bond donors (Lipinski definition) is 2. The van der Waals surface area contributed by atoms with Crippen LogP contribution in [0.5, 0.6) is 0 Å². The fourth-order valence-corrected chi connectivity index (χ4v) is 1.31. The molecule has 0 saturated carbocycles. The van der Waals surface area contributed by atoms with Crippen LogP contribution in [0.25, 0.3) is 0 Å². The van der Waals surface area contributed by atoms with E-state index >= 15 is 0 Å². The molecular formula is C7H14O4. The lowest BCUT2D eigenvalue weighted by molar-refractivity contribution is -0.0743. The maximum absolute atomic E-state index is 9.20. The van der Waals surface area contributed by atoms with Crippen LogP contribution in [0.1, 0.15) is 6.42 Å². The summed E-state index contributed by atoms with van der Waals surface area (Å²) in [6, 6.07) is 0. The fourth-order valence-electron chi connectivity index (χ4n) is 1.31. The Morgan fingerprint density at radius 3 is 3.00 bits per heavy atom. The first kappa shape index (κ1) is 8.93. The Morgan fingerprint density at radius 2 is 2.45 bits per heavy atom. The van der Waals surface area contributed by atoms with E-state index in [1.54, 1.807) is 7.11 Å². The van der Waals surface area contributed by atoms with Crippen LogP contribution in [0.2, 0.25) is 0 Å². The van der Waals surface area contributed by atoms with Crippen LogP contribution in [0.3, 0.4) is 0 Å². The van der Waals surface area contributed by atoms with Crippen LogP contribution in [-0.2, 0) is 9.47 Å². The molecule has 0 bridgehead atoms. The molecule has 0 aromatic carbocycles. The summed E-state index contributed by atoms with van der Waals surface area (Å²) in [5, 5.41) is 17.8. The smallest absolute Gasteiger partial charge is 0.112 e. The molecule has 2 N–H and O–H groups in total. The van der Waals surface area contributed by atoms with E-state index in [0.717, 1.165) is 6.42 Å². The molecule has 66 valence electrons. The lowest BCUT2D eigenvalue weighted by Crippen LogP contribution is -2.37. The van der Waals surface area contributed by atoms with Gasteiger partial charge in [0.1, 0.15) is 12.2 Å². The summed E-state index contributed by atoms with van der Waals surface area (Å²) in [6.07, 6.45) is -0.456. The summed E-state index contributed by atoms with van der Waals surface area (Å²) in [5.74, 6) is 0. The SMILES string of the molecule is CO[C@@H]1CCOC1C(O)CO. The summed E-state index contributed by atoms with van der Waals surface area (Å²) in [5.41, 5.74) is 0. The maximum Gasteiger partial charge on any atom is 0.112 e. The Bertz CT molecular complexity index is 117. The molecule has 11 heavy (non-hydrogen) atoms. The first-order valence-electron chi connectivity index (χ1n) is 3.73. The van der Waals surface area contributed by atoms with Crippen molar-refractivity contribution in [1.82, 2.24) is 0 Å². The van der Waals surface area contributed by atoms with Crippen molar-refractivity contribution in [2.45, 2.75) is 24.7 Å². The number of aliphatic hydroxyl groups excluding tert-OH is 2. The van der Waals surface area contributed by atoms with E-state index in [9.17, 15) is 5.11 Å². The van der Waals surface area contributed by atoms with Gasteiger partial charge in [0.05, 0.1) is 12.7 Å². The van der Waals surface area contributed by atoms with E-state index in [2.05, 4.69) is 0 Å². The third-order valence-electron chi connectivity index (χ3n) is 1.95. The number of methoxy groups -OCH3 is 1. The Kier molecular flexibility index (Phi) is 3.26. The van der Waals surface area contributed by atoms with Crippen molar-refractivity contribution in [3.63, 3.8) is 0 Å². The van der Waals surface area contributed by atoms with Gasteiger partial charge in [-0.25, -0.2) is 0 Å². The molecular weight excluding hydrogens is 148 g/mol. The van der Waals surface area contributed by atoms with Crippen LogP contribution in [0.15, 0.2) is 0 Å². The van der Waals surface area contributed by atoms with Crippen molar-refractivity contribution in [2.75, 3.05) is 20.3 Å². The average molecular weight is 162 g/mol. The normalized spacial score (nSPS) is 34.1. The standard InChI is InChI=1S/C7H14O4/c1-10-6-2-3-11-7(6)5(9)4-8/h5-9H,2-4H2,1H3/t5?,6-,7?/m1/s1. The third kappa shape index (κ3) is 1.90. The largest absolute Gasteiger partial charge is 0.394 e. The van der Waals surface area contributed by atoms with E-state index in [1.807, 2.05) is 0 Å². The maximum atomic E-state index is 9.20. The highest BCUT2D eigenvalue weighted by atomic mass is 16.6. The minimum atomic E-state index is -0.817. The van der Waals surface area contributed by atoms with Crippen molar-refractivity contribution in [1.29, 1.82) is 0 Å². The molecule has 0 radical (unpaired) electrons. The van der Waals surface area contributed by atoms with Gasteiger partial charge in [0.25, 0.3) is 0 Å². The second kappa shape index (κ2) is 4.01. The number of aliphatic hydroxyl groups is 2. The molecule has 4 nitrogen and oxygen atoms in total. The zero-order valence-electron chi connectivity index (χ0n) is 6.56. The van der Waals surface area contributed by atoms with Gasteiger partial charge < -0.3 is 19.7 Å². The van der Waals surface area contributed by atoms with E-state index in [1.165, 1.54) is 0 Å². The van der Waals surface area contributed by atoms with Crippen LogP contribution in [-0.4, -0.2) is 48.8 Å². The minimum absolute atomic E-state index is 0.0721. The molecule has 1 aliphatic heterocycles. The van der Waals surface area contributed by atoms with Crippen LogP contribution < -0.4 is 0 Å². The van der Waals surface area contributed by atoms with Crippen LogP contribution in [0, 0.1) is 0 Å². The molecule has 2 unspecified atom stereocenters. The Morgan fingerprint density at radius 1 is 1.73 bits per heavy atom. The second-order valence-electron chi connectivity index (χ2n) is 2.65. The summed E-state index contributed by atoms with van der Waals surface area (Å²) in [7, 11) is 1.58. The molecule has 0 spiro atoms. The monoisotopic (exact) mass is 162 g/mol. The highest BCUT2D eigenvalue weighted by molar-refractivity contribution is 4.82. The molecule has 0 aromatic heterocycles. The first-order chi connectivity index (χ1) is 5.29. The van der Waals surface area contributed by atoms with Gasteiger partial charge in [-0.2, -0.15) is 0 Å². The van der Waals surface area contributed by atoms with Crippen LogP contribution in [0.4, 0.5) is 0 Å². The van der Waals surface area contributed by atoms with Gasteiger partial charge in [-0.15, -0.1) is 0 Å². The van der Waals surface area contributed by atoms with E-state index in [0.29, 0.717) is 6.61 Å². The lowest BCUT2D eigenvalue weighted by Gasteiger charge is -2.20. The molecule has 3 atom stereocenters. The van der Waals surface area contributed by atoms with Crippen molar-refractivity contribution in [3.8, 4) is 0 Å². The summed E-state index contributed by atoms with van der Waals surface area (Å²) in [4.78, 5) is 0. The van der Waals surface area contributed by atoms with Gasteiger partial charge in [-0.1, -0.05) is 0 Å². The highest BCUT2D eigenvalue weighted by Gasteiger charge is 2.33. The van der Waals surface area contributed by atoms with Gasteiger partial charge in [-0.3, -0.25) is 0 Å². The van der Waals surface area contributed by atoms with Gasteiger partial charge in [0.15, 0.2) is 0 Å². The topological polar surface area (TPSA) is 58.9 Å². The van der Waals surface area contributed by atoms with Gasteiger partial charge in [-0.05, 0) is 6.42 Å². The molecule has 1 saturated heterocycles. The van der Waals surface area contributed by atoms with Crippen molar-refractivity contribution in [2.24, 2.45) is 0 Å². The quantitative estimate of drug-likeness (QED) is 0.567. The molecule has 0 aromatic rings. The number of hydrogen-bond acceptors (Lipinski definition) is 4. The second-order valence-corrected chi connectivity index (χ2v) is 2.65. The summed E-state index contributed by atoms with van der Waals surface area (Å²) < 4.78 is 10.2. The fraction of sp³-hybridized carbons (Fsp3) is 1.00. The molecule has 0 amide bonds. The summed E-state index contributed by atoms with van der Waals surface area (Å²) >= 11 is 0. The first-order valence-corrected chi connectivity index (χ1v) is 3.73. The Labute approximate surface area is 65.7 Å². The van der Waals surface area contributed by atoms with Gasteiger partial charge in [0, 0.05) is 13.7 Å². The lowest BCUT2D eigenvalue weighted by atomic mass is 10.1. The molecule has 1 heterocycles. The Hall–Kier alpha value is -0.160. The van der Waals surface area contributed by atoms with E-state index < -0.39 is 6.10 Å². The van der Waals surface area contributed by atoms with E-state index in [4.69, 9.17) is 14.6 Å². The molecule has 1 fully saturated rings. The molecule has 4 heteroatoms. The van der Waals surface area contributed by atoms with Crippen LogP contribution >= 0.6 is 0 Å².